The molecule has 18 heavy (non-hydrogen) atoms. The number of hydrogen-bond donors (Lipinski definition) is 2. The van der Waals surface area contributed by atoms with E-state index in [0.29, 0.717) is 0 Å². The van der Waals surface area contributed by atoms with E-state index in [2.05, 4.69) is 0 Å². The van der Waals surface area contributed by atoms with Crippen molar-refractivity contribution < 1.29 is 13.2 Å². The van der Waals surface area contributed by atoms with Crippen molar-refractivity contribution in [1.29, 1.82) is 0 Å². The summed E-state index contributed by atoms with van der Waals surface area (Å²) >= 11 is 0. The lowest BCUT2D eigenvalue weighted by atomic mass is 10.1. The van der Waals surface area contributed by atoms with E-state index in [9.17, 15) is 13.2 Å². The molecule has 0 spiro atoms. The van der Waals surface area contributed by atoms with Crippen molar-refractivity contribution in [3.8, 4) is 0 Å². The highest BCUT2D eigenvalue weighted by molar-refractivity contribution is 7.92. The summed E-state index contributed by atoms with van der Waals surface area (Å²) in [4.78, 5) is 10.6. The molecule has 0 radical (unpaired) electrons. The fourth-order valence-corrected chi connectivity index (χ4v) is 2.94. The van der Waals surface area contributed by atoms with Crippen molar-refractivity contribution in [2.24, 2.45) is 11.5 Å². The zero-order valence-electron chi connectivity index (χ0n) is 10.3. The van der Waals surface area contributed by atoms with E-state index in [1.807, 2.05) is 31.2 Å². The summed E-state index contributed by atoms with van der Waals surface area (Å²) in [6.07, 6.45) is 0.912. The maximum absolute atomic E-state index is 11.6. The molecule has 5 nitrogen and oxygen atoms in total. The van der Waals surface area contributed by atoms with Crippen molar-refractivity contribution in [2.75, 3.05) is 11.5 Å². The normalized spacial score (nSPS) is 13.2. The van der Waals surface area contributed by atoms with Gasteiger partial charge < -0.3 is 11.5 Å². The lowest BCUT2D eigenvalue weighted by molar-refractivity contribution is -0.115. The van der Waals surface area contributed by atoms with Crippen LogP contribution in [-0.4, -0.2) is 25.8 Å². The van der Waals surface area contributed by atoms with Crippen molar-refractivity contribution in [1.82, 2.24) is 0 Å². The van der Waals surface area contributed by atoms with Gasteiger partial charge in [0, 0.05) is 6.04 Å². The molecule has 0 heterocycles. The van der Waals surface area contributed by atoms with E-state index in [0.717, 1.165) is 17.5 Å². The van der Waals surface area contributed by atoms with Crippen LogP contribution in [0, 0.1) is 0 Å². The Labute approximate surface area is 107 Å². The molecule has 1 amide bonds. The minimum absolute atomic E-state index is 0.276. The third-order valence-corrected chi connectivity index (χ3v) is 4.20. The Hall–Kier alpha value is -1.40. The Kier molecular flexibility index (Phi) is 4.86. The van der Waals surface area contributed by atoms with Crippen LogP contribution in [0.5, 0.6) is 0 Å². The highest BCUT2D eigenvalue weighted by Gasteiger charge is 2.19. The summed E-state index contributed by atoms with van der Waals surface area (Å²) in [7, 11) is -3.54. The number of sulfone groups is 1. The van der Waals surface area contributed by atoms with Crippen LogP contribution in [0.4, 0.5) is 0 Å². The van der Waals surface area contributed by atoms with E-state index in [4.69, 9.17) is 11.5 Å². The fraction of sp³-hybridized carbons (Fsp3) is 0.417. The zero-order chi connectivity index (χ0) is 13.8. The van der Waals surface area contributed by atoms with Gasteiger partial charge in [0.05, 0.1) is 5.75 Å². The summed E-state index contributed by atoms with van der Waals surface area (Å²) < 4.78 is 23.1. The van der Waals surface area contributed by atoms with Crippen LogP contribution in [0.15, 0.2) is 24.3 Å². The molecule has 1 aromatic carbocycles. The number of primary amides is 1. The molecule has 0 saturated carbocycles. The lowest BCUT2D eigenvalue weighted by Gasteiger charge is -2.12. The summed E-state index contributed by atoms with van der Waals surface area (Å²) in [6, 6.07) is 6.80. The first-order chi connectivity index (χ1) is 8.34. The Morgan fingerprint density at radius 1 is 1.28 bits per heavy atom. The van der Waals surface area contributed by atoms with Gasteiger partial charge in [0.1, 0.15) is 5.75 Å². The molecule has 1 unspecified atom stereocenters. The van der Waals surface area contributed by atoms with Crippen LogP contribution in [0.3, 0.4) is 0 Å². The van der Waals surface area contributed by atoms with Crippen LogP contribution in [0.25, 0.3) is 0 Å². The summed E-state index contributed by atoms with van der Waals surface area (Å²) in [5.74, 6) is -1.79. The van der Waals surface area contributed by atoms with Gasteiger partial charge in [0.15, 0.2) is 9.84 Å². The monoisotopic (exact) mass is 270 g/mol. The maximum Gasteiger partial charge on any atom is 0.232 e. The molecule has 1 atom stereocenters. The van der Waals surface area contributed by atoms with Crippen LogP contribution in [-0.2, 0) is 21.1 Å². The number of benzene rings is 1. The largest absolute Gasteiger partial charge is 0.369 e. The van der Waals surface area contributed by atoms with Crippen LogP contribution in [0.1, 0.15) is 24.1 Å². The first-order valence-corrected chi connectivity index (χ1v) is 7.49. The molecular weight excluding hydrogens is 252 g/mol. The fourth-order valence-electron chi connectivity index (χ4n) is 1.65. The van der Waals surface area contributed by atoms with Gasteiger partial charge in [-0.15, -0.1) is 0 Å². The van der Waals surface area contributed by atoms with Crippen molar-refractivity contribution in [2.45, 2.75) is 19.4 Å². The minimum atomic E-state index is -3.54. The van der Waals surface area contributed by atoms with Gasteiger partial charge in [-0.3, -0.25) is 4.79 Å². The highest BCUT2D eigenvalue weighted by atomic mass is 32.2. The molecule has 4 N–H and O–H groups in total. The highest BCUT2D eigenvalue weighted by Crippen LogP contribution is 2.14. The average molecular weight is 270 g/mol. The topological polar surface area (TPSA) is 103 Å². The SMILES string of the molecule is CCc1ccc(C(N)CS(=O)(=O)CC(N)=O)cc1. The molecule has 0 fully saturated rings. The van der Waals surface area contributed by atoms with E-state index < -0.39 is 27.5 Å². The second-order valence-corrected chi connectivity index (χ2v) is 6.33. The number of nitrogens with two attached hydrogens (primary N) is 2. The first kappa shape index (κ1) is 14.7. The average Bonchev–Trinajstić information content (AvgIpc) is 2.26. The van der Waals surface area contributed by atoms with Gasteiger partial charge in [-0.05, 0) is 17.5 Å². The van der Waals surface area contributed by atoms with Gasteiger partial charge in [0.2, 0.25) is 5.91 Å². The number of carbonyl (C=O) groups is 1. The Morgan fingerprint density at radius 3 is 2.28 bits per heavy atom. The van der Waals surface area contributed by atoms with Crippen molar-refractivity contribution >= 4 is 15.7 Å². The predicted octanol–water partition coefficient (Wildman–Crippen LogP) is 0.149. The Balaban J connectivity index is 2.75. The van der Waals surface area contributed by atoms with Gasteiger partial charge in [0.25, 0.3) is 0 Å². The molecule has 1 rings (SSSR count). The molecule has 0 aliphatic carbocycles. The minimum Gasteiger partial charge on any atom is -0.369 e. The van der Waals surface area contributed by atoms with Crippen molar-refractivity contribution in [3.63, 3.8) is 0 Å². The quantitative estimate of drug-likeness (QED) is 0.767. The number of amides is 1. The summed E-state index contributed by atoms with van der Waals surface area (Å²) in [5, 5.41) is 0. The molecule has 0 aliphatic heterocycles. The predicted molar refractivity (Wildman–Crippen MR) is 70.6 cm³/mol. The zero-order valence-corrected chi connectivity index (χ0v) is 11.1. The Morgan fingerprint density at radius 2 is 1.83 bits per heavy atom. The van der Waals surface area contributed by atoms with Gasteiger partial charge in [-0.2, -0.15) is 0 Å². The van der Waals surface area contributed by atoms with E-state index in [1.165, 1.54) is 0 Å². The molecule has 6 heteroatoms. The molecule has 0 aromatic heterocycles. The number of hydrogen-bond acceptors (Lipinski definition) is 4. The summed E-state index contributed by atoms with van der Waals surface area (Å²) in [5.41, 5.74) is 12.6. The van der Waals surface area contributed by atoms with Crippen LogP contribution in [0.2, 0.25) is 0 Å². The van der Waals surface area contributed by atoms with Gasteiger partial charge in [-0.1, -0.05) is 31.2 Å². The van der Waals surface area contributed by atoms with Crippen molar-refractivity contribution in [3.05, 3.63) is 35.4 Å². The molecule has 0 aliphatic rings. The van der Waals surface area contributed by atoms with E-state index in [1.54, 1.807) is 0 Å². The molecule has 0 bridgehead atoms. The smallest absolute Gasteiger partial charge is 0.232 e. The van der Waals surface area contributed by atoms with E-state index >= 15 is 0 Å². The Bertz CT molecular complexity index is 509. The van der Waals surface area contributed by atoms with Gasteiger partial charge in [-0.25, -0.2) is 8.42 Å². The second-order valence-electron chi connectivity index (χ2n) is 4.22. The second kappa shape index (κ2) is 5.97. The third kappa shape index (κ3) is 4.46. The standard InChI is InChI=1S/C12H18N2O3S/c1-2-9-3-5-10(6-4-9)11(13)7-18(16,17)8-12(14)15/h3-6,11H,2,7-8,13H2,1H3,(H2,14,15). The molecule has 1 aromatic rings. The van der Waals surface area contributed by atoms with Crippen LogP contribution >= 0.6 is 0 Å². The molecule has 100 valence electrons. The lowest BCUT2D eigenvalue weighted by Crippen LogP contribution is -2.29. The molecule has 0 saturated heterocycles. The number of rotatable bonds is 6. The first-order valence-electron chi connectivity index (χ1n) is 5.67. The number of aryl methyl sites for hydroxylation is 1. The van der Waals surface area contributed by atoms with E-state index in [-0.39, 0.29) is 5.75 Å². The third-order valence-electron chi connectivity index (χ3n) is 2.61. The van der Waals surface area contributed by atoms with Gasteiger partial charge >= 0.3 is 0 Å². The van der Waals surface area contributed by atoms with Crippen LogP contribution < -0.4 is 11.5 Å². The summed E-state index contributed by atoms with van der Waals surface area (Å²) in [6.45, 7) is 2.03. The maximum atomic E-state index is 11.6. The number of carbonyl (C=O) groups excluding carboxylic acids is 1. The molecular formula is C12H18N2O3S.